The van der Waals surface area contributed by atoms with Gasteiger partial charge in [0.05, 0.1) is 0 Å². The lowest BCUT2D eigenvalue weighted by Gasteiger charge is -2.08. The average molecular weight is 356 g/mol. The lowest BCUT2D eigenvalue weighted by atomic mass is 10.0. The van der Waals surface area contributed by atoms with Crippen molar-refractivity contribution >= 4 is 17.7 Å². The van der Waals surface area contributed by atoms with Gasteiger partial charge in [0.2, 0.25) is 0 Å². The van der Waals surface area contributed by atoms with Crippen molar-refractivity contribution in [3.63, 3.8) is 0 Å². The van der Waals surface area contributed by atoms with Crippen LogP contribution in [0.1, 0.15) is 31.1 Å². The largest absolute Gasteiger partial charge is 0.457 e. The second-order valence-electron chi connectivity index (χ2n) is 6.47. The van der Waals surface area contributed by atoms with Crippen LogP contribution in [-0.2, 0) is 4.79 Å². The van der Waals surface area contributed by atoms with E-state index in [2.05, 4.69) is 19.2 Å². The van der Waals surface area contributed by atoms with Gasteiger partial charge in [0.25, 0.3) is 5.91 Å². The first kappa shape index (κ1) is 18.2. The molecule has 2 aromatic carbocycles. The molecule has 4 nitrogen and oxygen atoms in total. The van der Waals surface area contributed by atoms with E-state index >= 15 is 0 Å². The van der Waals surface area contributed by atoms with E-state index in [1.54, 1.807) is 6.07 Å². The zero-order valence-electron chi connectivity index (χ0n) is 15.3. The van der Waals surface area contributed by atoms with Gasteiger partial charge < -0.3 is 9.73 Å². The molecule has 0 spiro atoms. The molecule has 4 heteroatoms. The zero-order valence-corrected chi connectivity index (χ0v) is 15.3. The molecule has 3 aromatic rings. The number of anilines is 1. The number of nitriles is 1. The van der Waals surface area contributed by atoms with Gasteiger partial charge in [-0.2, -0.15) is 5.26 Å². The summed E-state index contributed by atoms with van der Waals surface area (Å²) in [6, 6.07) is 22.7. The van der Waals surface area contributed by atoms with Crippen LogP contribution in [-0.4, -0.2) is 5.91 Å². The van der Waals surface area contributed by atoms with E-state index in [9.17, 15) is 10.1 Å². The molecule has 134 valence electrons. The Bertz CT molecular complexity index is 991. The second-order valence-corrected chi connectivity index (χ2v) is 6.47. The van der Waals surface area contributed by atoms with E-state index in [-0.39, 0.29) is 5.57 Å². The van der Waals surface area contributed by atoms with Crippen molar-refractivity contribution in [2.45, 2.75) is 19.8 Å². The van der Waals surface area contributed by atoms with E-state index < -0.39 is 5.91 Å². The average Bonchev–Trinajstić information content (AvgIpc) is 3.16. The maximum Gasteiger partial charge on any atom is 0.266 e. The first-order chi connectivity index (χ1) is 13.1. The monoisotopic (exact) mass is 356 g/mol. The topological polar surface area (TPSA) is 66.0 Å². The number of hydrogen-bond acceptors (Lipinski definition) is 3. The SMILES string of the molecule is CC(C)c1ccc(NC(=O)/C(C#N)=C/c2ccc(-c3ccccc3)o2)cc1. The number of carbonyl (C=O) groups is 1. The van der Waals surface area contributed by atoms with Gasteiger partial charge in [-0.3, -0.25) is 4.79 Å². The molecule has 0 aliphatic heterocycles. The molecule has 0 atom stereocenters. The predicted molar refractivity (Wildman–Crippen MR) is 107 cm³/mol. The van der Waals surface area contributed by atoms with E-state index in [0.717, 1.165) is 5.56 Å². The Kier molecular flexibility index (Phi) is 5.53. The quantitative estimate of drug-likeness (QED) is 0.477. The molecule has 3 rings (SSSR count). The van der Waals surface area contributed by atoms with Crippen LogP contribution in [0.3, 0.4) is 0 Å². The number of nitrogens with one attached hydrogen (secondary N) is 1. The van der Waals surface area contributed by atoms with Crippen molar-refractivity contribution in [1.82, 2.24) is 0 Å². The van der Waals surface area contributed by atoms with Gasteiger partial charge in [-0.25, -0.2) is 0 Å². The zero-order chi connectivity index (χ0) is 19.2. The number of nitrogens with zero attached hydrogens (tertiary/aromatic N) is 1. The Labute approximate surface area is 158 Å². The van der Waals surface area contributed by atoms with E-state index in [1.807, 2.05) is 66.7 Å². The van der Waals surface area contributed by atoms with Gasteiger partial charge in [0.15, 0.2) is 0 Å². The minimum absolute atomic E-state index is 0.0168. The molecule has 1 amide bonds. The predicted octanol–water partition coefficient (Wildman–Crippen LogP) is 5.62. The summed E-state index contributed by atoms with van der Waals surface area (Å²) in [7, 11) is 0. The van der Waals surface area contributed by atoms with E-state index in [1.165, 1.54) is 11.6 Å². The molecule has 1 aromatic heterocycles. The summed E-state index contributed by atoms with van der Waals surface area (Å²) in [5.74, 6) is 1.09. The minimum Gasteiger partial charge on any atom is -0.457 e. The van der Waals surface area contributed by atoms with Gasteiger partial charge in [-0.15, -0.1) is 0 Å². The highest BCUT2D eigenvalue weighted by Crippen LogP contribution is 2.23. The molecular formula is C23H20N2O2. The summed E-state index contributed by atoms with van der Waals surface area (Å²) in [4.78, 5) is 12.4. The number of rotatable bonds is 5. The van der Waals surface area contributed by atoms with Gasteiger partial charge >= 0.3 is 0 Å². The number of furan rings is 1. The summed E-state index contributed by atoms with van der Waals surface area (Å²) < 4.78 is 5.74. The molecular weight excluding hydrogens is 336 g/mol. The Hall–Kier alpha value is -3.58. The fraction of sp³-hybridized carbons (Fsp3) is 0.130. The Morgan fingerprint density at radius 3 is 2.37 bits per heavy atom. The molecule has 27 heavy (non-hydrogen) atoms. The molecule has 0 unspecified atom stereocenters. The summed E-state index contributed by atoms with van der Waals surface area (Å²) in [6.07, 6.45) is 1.45. The highest BCUT2D eigenvalue weighted by Gasteiger charge is 2.12. The molecule has 0 bridgehead atoms. The third-order valence-electron chi connectivity index (χ3n) is 4.17. The van der Waals surface area contributed by atoms with Crippen LogP contribution in [0.25, 0.3) is 17.4 Å². The fourth-order valence-corrected chi connectivity index (χ4v) is 2.63. The molecule has 0 radical (unpaired) electrons. The maximum atomic E-state index is 12.4. The highest BCUT2D eigenvalue weighted by molar-refractivity contribution is 6.09. The van der Waals surface area contributed by atoms with Crippen LogP contribution in [0.15, 0.2) is 76.7 Å². The van der Waals surface area contributed by atoms with Gasteiger partial charge in [-0.05, 0) is 35.7 Å². The molecule has 0 aliphatic rings. The van der Waals surface area contributed by atoms with Gasteiger partial charge in [0.1, 0.15) is 23.2 Å². The standard InChI is InChI=1S/C23H20N2O2/c1-16(2)17-8-10-20(11-9-17)25-23(26)19(15-24)14-21-12-13-22(27-21)18-6-4-3-5-7-18/h3-14,16H,1-2H3,(H,25,26)/b19-14+. The first-order valence-corrected chi connectivity index (χ1v) is 8.75. The lowest BCUT2D eigenvalue weighted by molar-refractivity contribution is -0.112. The van der Waals surface area contributed by atoms with Gasteiger partial charge in [0, 0.05) is 17.3 Å². The van der Waals surface area contributed by atoms with Crippen molar-refractivity contribution < 1.29 is 9.21 Å². The third-order valence-corrected chi connectivity index (χ3v) is 4.17. The summed E-state index contributed by atoms with van der Waals surface area (Å²) in [6.45, 7) is 4.22. The van der Waals surface area contributed by atoms with Gasteiger partial charge in [-0.1, -0.05) is 56.3 Å². The molecule has 1 heterocycles. The lowest BCUT2D eigenvalue weighted by Crippen LogP contribution is -2.13. The van der Waals surface area contributed by atoms with Crippen molar-refractivity contribution in [3.05, 3.63) is 83.6 Å². The van der Waals surface area contributed by atoms with Crippen LogP contribution in [0, 0.1) is 11.3 Å². The molecule has 1 N–H and O–H groups in total. The minimum atomic E-state index is -0.465. The van der Waals surface area contributed by atoms with Crippen molar-refractivity contribution in [2.24, 2.45) is 0 Å². The van der Waals surface area contributed by atoms with E-state index in [4.69, 9.17) is 4.42 Å². The van der Waals surface area contributed by atoms with Crippen LogP contribution < -0.4 is 5.32 Å². The van der Waals surface area contributed by atoms with Crippen LogP contribution >= 0.6 is 0 Å². The normalized spacial score (nSPS) is 11.3. The number of carbonyl (C=O) groups excluding carboxylic acids is 1. The van der Waals surface area contributed by atoms with E-state index in [0.29, 0.717) is 23.1 Å². The Balaban J connectivity index is 1.75. The van der Waals surface area contributed by atoms with Crippen LogP contribution in [0.4, 0.5) is 5.69 Å². The Morgan fingerprint density at radius 2 is 1.74 bits per heavy atom. The maximum absolute atomic E-state index is 12.4. The highest BCUT2D eigenvalue weighted by atomic mass is 16.3. The number of benzene rings is 2. The first-order valence-electron chi connectivity index (χ1n) is 8.75. The summed E-state index contributed by atoms with van der Waals surface area (Å²) in [5, 5.41) is 12.1. The third kappa shape index (κ3) is 4.53. The number of hydrogen-bond donors (Lipinski definition) is 1. The molecule has 0 saturated carbocycles. The fourth-order valence-electron chi connectivity index (χ4n) is 2.63. The van der Waals surface area contributed by atoms with Crippen molar-refractivity contribution in [3.8, 4) is 17.4 Å². The molecule has 0 aliphatic carbocycles. The molecule has 0 fully saturated rings. The van der Waals surface area contributed by atoms with Crippen LogP contribution in [0.5, 0.6) is 0 Å². The molecule has 0 saturated heterocycles. The Morgan fingerprint density at radius 1 is 1.04 bits per heavy atom. The second kappa shape index (κ2) is 8.20. The summed E-state index contributed by atoms with van der Waals surface area (Å²) >= 11 is 0. The van der Waals surface area contributed by atoms with Crippen molar-refractivity contribution in [1.29, 1.82) is 5.26 Å². The van der Waals surface area contributed by atoms with Crippen molar-refractivity contribution in [2.75, 3.05) is 5.32 Å². The van der Waals surface area contributed by atoms with Crippen LogP contribution in [0.2, 0.25) is 0 Å². The number of amides is 1. The smallest absolute Gasteiger partial charge is 0.266 e. The summed E-state index contributed by atoms with van der Waals surface area (Å²) in [5.41, 5.74) is 2.75.